The summed E-state index contributed by atoms with van der Waals surface area (Å²) >= 11 is 0. The van der Waals surface area contributed by atoms with Crippen molar-refractivity contribution in [3.63, 3.8) is 0 Å². The molecular formula is C22H20FN5O5. The normalized spacial score (nSPS) is 12.1. The predicted molar refractivity (Wildman–Crippen MR) is 120 cm³/mol. The molecule has 2 aromatic heterocycles. The number of nitrogens with one attached hydrogen (secondary N) is 4. The molecule has 2 heterocycles. The van der Waals surface area contributed by atoms with Crippen LogP contribution in [0.3, 0.4) is 0 Å². The number of hydrogen-bond acceptors (Lipinski definition) is 6. The molecule has 2 aromatic carbocycles. The van der Waals surface area contributed by atoms with Crippen LogP contribution in [0.5, 0.6) is 0 Å². The molecule has 6 N–H and O–H groups in total. The number of H-pyrrole nitrogens is 2. The number of carboxylic acid groups (broad SMARTS) is 1. The fraction of sp³-hybridized carbons (Fsp3) is 0.182. The van der Waals surface area contributed by atoms with Gasteiger partial charge in [0, 0.05) is 19.2 Å². The molecule has 0 fully saturated rings. The van der Waals surface area contributed by atoms with Gasteiger partial charge in [-0.05, 0) is 30.3 Å². The number of carbonyl (C=O) groups excluding carboxylic acids is 1. The summed E-state index contributed by atoms with van der Waals surface area (Å²) in [5.41, 5.74) is 1.44. The Balaban J connectivity index is 1.70. The highest BCUT2D eigenvalue weighted by Crippen LogP contribution is 2.32. The Morgan fingerprint density at radius 2 is 1.97 bits per heavy atom. The number of carbonyl (C=O) groups is 2. The van der Waals surface area contributed by atoms with Crippen LogP contribution in [0, 0.1) is 5.82 Å². The van der Waals surface area contributed by atoms with Crippen molar-refractivity contribution < 1.29 is 24.2 Å². The summed E-state index contributed by atoms with van der Waals surface area (Å²) in [6, 6.07) is 8.99. The molecule has 1 atom stereocenters. The zero-order valence-electron chi connectivity index (χ0n) is 17.4. The highest BCUT2D eigenvalue weighted by atomic mass is 19.1. The van der Waals surface area contributed by atoms with E-state index >= 15 is 0 Å². The van der Waals surface area contributed by atoms with Gasteiger partial charge in [-0.25, -0.2) is 9.37 Å². The van der Waals surface area contributed by atoms with E-state index in [9.17, 15) is 23.9 Å². The average molecular weight is 453 g/mol. The molecule has 4 rings (SSSR count). The van der Waals surface area contributed by atoms with Gasteiger partial charge in [-0.2, -0.15) is 0 Å². The molecule has 0 aliphatic carbocycles. The summed E-state index contributed by atoms with van der Waals surface area (Å²) in [7, 11) is 1.58. The lowest BCUT2D eigenvalue weighted by atomic mass is 10.1. The van der Waals surface area contributed by atoms with E-state index < -0.39 is 35.8 Å². The van der Waals surface area contributed by atoms with Gasteiger partial charge in [0.05, 0.1) is 40.1 Å². The van der Waals surface area contributed by atoms with Gasteiger partial charge in [-0.3, -0.25) is 14.4 Å². The number of amides is 1. The van der Waals surface area contributed by atoms with E-state index in [1.54, 1.807) is 19.2 Å². The molecule has 1 amide bonds. The van der Waals surface area contributed by atoms with Crippen molar-refractivity contribution in [2.45, 2.75) is 12.5 Å². The van der Waals surface area contributed by atoms with E-state index in [2.05, 4.69) is 25.6 Å². The molecule has 0 aliphatic heterocycles. The smallest absolute Gasteiger partial charge is 0.306 e. The Morgan fingerprint density at radius 1 is 1.18 bits per heavy atom. The zero-order chi connectivity index (χ0) is 23.7. The maximum absolute atomic E-state index is 14.5. The Hall–Kier alpha value is -4.25. The van der Waals surface area contributed by atoms with Crippen LogP contribution >= 0.6 is 0 Å². The Morgan fingerprint density at radius 3 is 2.70 bits per heavy atom. The Kier molecular flexibility index (Phi) is 5.80. The van der Waals surface area contributed by atoms with Crippen molar-refractivity contribution in [2.24, 2.45) is 0 Å². The van der Waals surface area contributed by atoms with Gasteiger partial charge >= 0.3 is 5.97 Å². The minimum Gasteiger partial charge on any atom is -0.481 e. The lowest BCUT2D eigenvalue weighted by molar-refractivity contribution is -0.139. The second kappa shape index (κ2) is 8.71. The summed E-state index contributed by atoms with van der Waals surface area (Å²) in [6.45, 7) is -0.221. The summed E-state index contributed by atoms with van der Waals surface area (Å²) in [5, 5.41) is 23.9. The number of hydrogen-bond donors (Lipinski definition) is 6. The SMILES string of the molecule is CNc1c(-c2nc3ccc(C(=O)NCC(O)CC(=O)O)cc3[nH]2)c(=O)[nH]c2cccc(F)c12. The zero-order valence-corrected chi connectivity index (χ0v) is 17.4. The number of nitrogens with zero attached hydrogens (tertiary/aromatic N) is 1. The van der Waals surface area contributed by atoms with Crippen LogP contribution in [0.2, 0.25) is 0 Å². The summed E-state index contributed by atoms with van der Waals surface area (Å²) in [6.07, 6.45) is -1.70. The molecule has 0 radical (unpaired) electrons. The number of aliphatic hydroxyl groups excluding tert-OH is 1. The lowest BCUT2D eigenvalue weighted by Crippen LogP contribution is -2.33. The molecule has 1 unspecified atom stereocenters. The van der Waals surface area contributed by atoms with Crippen molar-refractivity contribution in [2.75, 3.05) is 18.9 Å². The second-order valence-corrected chi connectivity index (χ2v) is 7.40. The standard InChI is InChI=1S/C22H20FN5O5/c1-24-19-17-12(23)3-2-4-14(17)28-22(33)18(19)20-26-13-6-5-10(7-15(13)27-20)21(32)25-9-11(29)8-16(30)31/h2-7,11,29H,8-9H2,1H3,(H,25,32)(H,26,27)(H,30,31)(H2,24,28,33). The van der Waals surface area contributed by atoms with Crippen LogP contribution in [0.4, 0.5) is 10.1 Å². The first-order valence-corrected chi connectivity index (χ1v) is 9.99. The minimum absolute atomic E-state index is 0.120. The molecule has 170 valence electrons. The van der Waals surface area contributed by atoms with E-state index in [1.807, 2.05) is 0 Å². The maximum Gasteiger partial charge on any atom is 0.306 e. The molecule has 0 aliphatic rings. The lowest BCUT2D eigenvalue weighted by Gasteiger charge is -2.11. The van der Waals surface area contributed by atoms with Crippen molar-refractivity contribution >= 4 is 39.5 Å². The number of aliphatic hydroxyl groups is 1. The van der Waals surface area contributed by atoms with Crippen LogP contribution in [0.15, 0.2) is 41.2 Å². The number of anilines is 1. The third-order valence-corrected chi connectivity index (χ3v) is 5.13. The molecule has 4 aromatic rings. The fourth-order valence-corrected chi connectivity index (χ4v) is 3.64. The van der Waals surface area contributed by atoms with E-state index in [0.29, 0.717) is 16.6 Å². The minimum atomic E-state index is -1.21. The number of pyridine rings is 1. The van der Waals surface area contributed by atoms with Gasteiger partial charge in [-0.1, -0.05) is 6.07 Å². The number of fused-ring (bicyclic) bond motifs is 2. The molecule has 33 heavy (non-hydrogen) atoms. The molecule has 10 nitrogen and oxygen atoms in total. The van der Waals surface area contributed by atoms with E-state index in [0.717, 1.165) is 0 Å². The third-order valence-electron chi connectivity index (χ3n) is 5.13. The number of aliphatic carboxylic acids is 1. The number of imidazole rings is 1. The van der Waals surface area contributed by atoms with Gasteiger partial charge < -0.3 is 30.8 Å². The van der Waals surface area contributed by atoms with Crippen LogP contribution in [-0.4, -0.2) is 56.7 Å². The first-order chi connectivity index (χ1) is 15.8. The molecule has 11 heteroatoms. The largest absolute Gasteiger partial charge is 0.481 e. The second-order valence-electron chi connectivity index (χ2n) is 7.40. The first kappa shape index (κ1) is 22.0. The van der Waals surface area contributed by atoms with Crippen LogP contribution in [0.25, 0.3) is 33.3 Å². The van der Waals surface area contributed by atoms with E-state index in [-0.39, 0.29) is 34.6 Å². The topological polar surface area (TPSA) is 160 Å². The predicted octanol–water partition coefficient (Wildman–Crippen LogP) is 1.82. The van der Waals surface area contributed by atoms with E-state index in [4.69, 9.17) is 5.11 Å². The Bertz CT molecular complexity index is 1440. The Labute approximate surface area is 185 Å². The molecule has 0 saturated carbocycles. The first-order valence-electron chi connectivity index (χ1n) is 9.99. The summed E-state index contributed by atoms with van der Waals surface area (Å²) in [5.74, 6) is -2.00. The highest BCUT2D eigenvalue weighted by molar-refractivity contribution is 6.00. The van der Waals surface area contributed by atoms with Crippen molar-refractivity contribution in [3.05, 3.63) is 58.1 Å². The molecular weight excluding hydrogens is 433 g/mol. The number of carboxylic acids is 1. The molecule has 0 spiro atoms. The summed E-state index contributed by atoms with van der Waals surface area (Å²) in [4.78, 5) is 45.9. The van der Waals surface area contributed by atoms with Crippen molar-refractivity contribution in [1.29, 1.82) is 0 Å². The van der Waals surface area contributed by atoms with Gasteiger partial charge in [0.15, 0.2) is 0 Å². The summed E-state index contributed by atoms with van der Waals surface area (Å²) < 4.78 is 14.5. The van der Waals surface area contributed by atoms with Gasteiger partial charge in [-0.15, -0.1) is 0 Å². The molecule has 0 saturated heterocycles. The number of rotatable bonds is 7. The van der Waals surface area contributed by atoms with Crippen LogP contribution in [0.1, 0.15) is 16.8 Å². The number of aromatic nitrogens is 3. The number of halogens is 1. The van der Waals surface area contributed by atoms with Crippen LogP contribution in [-0.2, 0) is 4.79 Å². The average Bonchev–Trinajstić information content (AvgIpc) is 3.18. The quantitative estimate of drug-likeness (QED) is 0.249. The number of aromatic amines is 2. The van der Waals surface area contributed by atoms with Crippen molar-refractivity contribution in [3.8, 4) is 11.4 Å². The van der Waals surface area contributed by atoms with Crippen molar-refractivity contribution in [1.82, 2.24) is 20.3 Å². The van der Waals surface area contributed by atoms with E-state index in [1.165, 1.54) is 24.3 Å². The van der Waals surface area contributed by atoms with Gasteiger partial charge in [0.25, 0.3) is 11.5 Å². The maximum atomic E-state index is 14.5. The third kappa shape index (κ3) is 4.26. The highest BCUT2D eigenvalue weighted by Gasteiger charge is 2.20. The fourth-order valence-electron chi connectivity index (χ4n) is 3.64. The number of benzene rings is 2. The monoisotopic (exact) mass is 453 g/mol. The van der Waals surface area contributed by atoms with Gasteiger partial charge in [0.1, 0.15) is 17.2 Å². The van der Waals surface area contributed by atoms with Crippen LogP contribution < -0.4 is 16.2 Å². The molecule has 0 bridgehead atoms. The van der Waals surface area contributed by atoms with Gasteiger partial charge in [0.2, 0.25) is 0 Å².